The molecule has 0 saturated carbocycles. The Morgan fingerprint density at radius 1 is 1.38 bits per heavy atom. The summed E-state index contributed by atoms with van der Waals surface area (Å²) in [4.78, 5) is 16.9. The van der Waals surface area contributed by atoms with Gasteiger partial charge in [-0.05, 0) is 37.2 Å². The number of nitrogens with one attached hydrogen (secondary N) is 1. The minimum atomic E-state index is -0.0000423. The summed E-state index contributed by atoms with van der Waals surface area (Å²) in [5, 5.41) is 3.78. The van der Waals surface area contributed by atoms with Crippen LogP contribution in [0.2, 0.25) is 0 Å². The molecule has 21 heavy (non-hydrogen) atoms. The first-order chi connectivity index (χ1) is 9.69. The number of halogens is 1. The van der Waals surface area contributed by atoms with Gasteiger partial charge in [0, 0.05) is 36.4 Å². The zero-order chi connectivity index (χ0) is 14.4. The Morgan fingerprint density at radius 3 is 2.67 bits per heavy atom. The number of imidazole rings is 1. The molecule has 2 rings (SSSR count). The maximum absolute atomic E-state index is 11.6. The molecule has 1 aromatic carbocycles. The third kappa shape index (κ3) is 5.41. The summed E-state index contributed by atoms with van der Waals surface area (Å²) in [5.41, 5.74) is 6.18. The molecule has 2 aromatic rings. The summed E-state index contributed by atoms with van der Waals surface area (Å²) in [7, 11) is 1.96. The highest BCUT2D eigenvalue weighted by Gasteiger charge is 2.04. The highest BCUT2D eigenvalue weighted by atomic mass is 35.5. The van der Waals surface area contributed by atoms with Crippen LogP contribution < -0.4 is 11.1 Å². The molecular weight excluding hydrogens is 308 g/mol. The van der Waals surface area contributed by atoms with Crippen LogP contribution >= 0.6 is 24.2 Å². The molecule has 0 radical (unpaired) electrons. The van der Waals surface area contributed by atoms with Crippen molar-refractivity contribution in [2.45, 2.75) is 22.9 Å². The van der Waals surface area contributed by atoms with Crippen molar-refractivity contribution in [1.82, 2.24) is 9.55 Å². The lowest BCUT2D eigenvalue weighted by atomic mass is 10.2. The molecular formula is C14H19ClN4OS. The van der Waals surface area contributed by atoms with Gasteiger partial charge < -0.3 is 15.6 Å². The van der Waals surface area contributed by atoms with Crippen molar-refractivity contribution in [2.24, 2.45) is 12.8 Å². The Balaban J connectivity index is 0.00000220. The number of carbonyl (C=O) groups is 1. The number of aromatic nitrogens is 2. The fraction of sp³-hybridized carbons (Fsp3) is 0.286. The van der Waals surface area contributed by atoms with Gasteiger partial charge in [0.15, 0.2) is 5.16 Å². The molecule has 1 amide bonds. The largest absolute Gasteiger partial charge is 0.330 e. The number of rotatable bonds is 6. The van der Waals surface area contributed by atoms with Crippen molar-refractivity contribution < 1.29 is 4.79 Å². The first-order valence-corrected chi connectivity index (χ1v) is 7.26. The van der Waals surface area contributed by atoms with Crippen molar-refractivity contribution in [3.63, 3.8) is 0 Å². The first-order valence-electron chi connectivity index (χ1n) is 6.44. The van der Waals surface area contributed by atoms with E-state index in [0.29, 0.717) is 19.4 Å². The molecule has 0 spiro atoms. The topological polar surface area (TPSA) is 72.9 Å². The van der Waals surface area contributed by atoms with Crippen molar-refractivity contribution in [1.29, 1.82) is 0 Å². The van der Waals surface area contributed by atoms with E-state index >= 15 is 0 Å². The van der Waals surface area contributed by atoms with Crippen molar-refractivity contribution in [3.8, 4) is 0 Å². The van der Waals surface area contributed by atoms with Crippen LogP contribution in [0.25, 0.3) is 0 Å². The molecule has 1 heterocycles. The number of nitrogens with zero attached hydrogens (tertiary/aromatic N) is 2. The normalized spacial score (nSPS) is 10.0. The minimum Gasteiger partial charge on any atom is -0.330 e. The third-order valence-electron chi connectivity index (χ3n) is 2.73. The smallest absolute Gasteiger partial charge is 0.224 e. The molecule has 0 saturated heterocycles. The Hall–Kier alpha value is -1.50. The fourth-order valence-electron chi connectivity index (χ4n) is 1.65. The summed E-state index contributed by atoms with van der Waals surface area (Å²) < 4.78 is 1.97. The van der Waals surface area contributed by atoms with Gasteiger partial charge in [0.05, 0.1) is 0 Å². The van der Waals surface area contributed by atoms with Crippen LogP contribution in [-0.4, -0.2) is 22.0 Å². The van der Waals surface area contributed by atoms with Gasteiger partial charge in [0.2, 0.25) is 5.91 Å². The van der Waals surface area contributed by atoms with E-state index in [1.54, 1.807) is 18.0 Å². The number of hydrogen-bond donors (Lipinski definition) is 2. The van der Waals surface area contributed by atoms with Crippen LogP contribution in [0.3, 0.4) is 0 Å². The summed E-state index contributed by atoms with van der Waals surface area (Å²) in [6.07, 6.45) is 4.85. The molecule has 0 unspecified atom stereocenters. The van der Waals surface area contributed by atoms with E-state index < -0.39 is 0 Å². The molecule has 114 valence electrons. The summed E-state index contributed by atoms with van der Waals surface area (Å²) in [6.45, 7) is 0.534. The average Bonchev–Trinajstić information content (AvgIpc) is 2.84. The van der Waals surface area contributed by atoms with Crippen LogP contribution in [0.4, 0.5) is 5.69 Å². The van der Waals surface area contributed by atoms with Crippen molar-refractivity contribution in [3.05, 3.63) is 36.7 Å². The number of hydrogen-bond acceptors (Lipinski definition) is 4. The van der Waals surface area contributed by atoms with Gasteiger partial charge in [0.25, 0.3) is 0 Å². The lowest BCUT2D eigenvalue weighted by molar-refractivity contribution is -0.116. The van der Waals surface area contributed by atoms with Crippen LogP contribution in [0.5, 0.6) is 0 Å². The SMILES string of the molecule is Cl.Cn1ccnc1Sc1ccc(NC(=O)CCCN)cc1. The maximum Gasteiger partial charge on any atom is 0.224 e. The van der Waals surface area contributed by atoms with E-state index in [9.17, 15) is 4.79 Å². The summed E-state index contributed by atoms with van der Waals surface area (Å²) in [5.74, 6) is -0.0000423. The van der Waals surface area contributed by atoms with E-state index in [2.05, 4.69) is 10.3 Å². The van der Waals surface area contributed by atoms with E-state index in [1.165, 1.54) is 0 Å². The summed E-state index contributed by atoms with van der Waals surface area (Å²) in [6, 6.07) is 7.73. The average molecular weight is 327 g/mol. The van der Waals surface area contributed by atoms with E-state index in [1.807, 2.05) is 42.1 Å². The van der Waals surface area contributed by atoms with Crippen LogP contribution in [0, 0.1) is 0 Å². The predicted octanol–water partition coefficient (Wildman–Crippen LogP) is 2.67. The van der Waals surface area contributed by atoms with E-state index in [4.69, 9.17) is 5.73 Å². The second-order valence-electron chi connectivity index (χ2n) is 4.39. The molecule has 0 fully saturated rings. The minimum absolute atomic E-state index is 0. The second kappa shape index (κ2) is 8.71. The number of aryl methyl sites for hydroxylation is 1. The Labute approximate surface area is 134 Å². The molecule has 0 aliphatic heterocycles. The molecule has 0 atom stereocenters. The van der Waals surface area contributed by atoms with Crippen molar-refractivity contribution >= 4 is 35.8 Å². The molecule has 5 nitrogen and oxygen atoms in total. The third-order valence-corrected chi connectivity index (χ3v) is 3.82. The van der Waals surface area contributed by atoms with Gasteiger partial charge >= 0.3 is 0 Å². The van der Waals surface area contributed by atoms with Crippen molar-refractivity contribution in [2.75, 3.05) is 11.9 Å². The number of benzene rings is 1. The van der Waals surface area contributed by atoms with Gasteiger partial charge in [0.1, 0.15) is 0 Å². The van der Waals surface area contributed by atoms with Gasteiger partial charge in [-0.25, -0.2) is 4.98 Å². The van der Waals surface area contributed by atoms with Gasteiger partial charge in [-0.1, -0.05) is 11.8 Å². The number of amides is 1. The second-order valence-corrected chi connectivity index (χ2v) is 5.43. The molecule has 1 aromatic heterocycles. The maximum atomic E-state index is 11.6. The Bertz CT molecular complexity index is 571. The highest BCUT2D eigenvalue weighted by Crippen LogP contribution is 2.26. The Kier molecular flexibility index (Phi) is 7.28. The lowest BCUT2D eigenvalue weighted by Crippen LogP contribution is -2.13. The lowest BCUT2D eigenvalue weighted by Gasteiger charge is -2.06. The molecule has 0 bridgehead atoms. The van der Waals surface area contributed by atoms with Gasteiger partial charge in [-0.15, -0.1) is 12.4 Å². The predicted molar refractivity (Wildman–Crippen MR) is 87.9 cm³/mol. The van der Waals surface area contributed by atoms with Crippen LogP contribution in [0.15, 0.2) is 46.7 Å². The molecule has 7 heteroatoms. The number of nitrogens with two attached hydrogens (primary N) is 1. The van der Waals surface area contributed by atoms with Gasteiger partial charge in [-0.2, -0.15) is 0 Å². The molecule has 0 aliphatic carbocycles. The zero-order valence-corrected chi connectivity index (χ0v) is 13.4. The monoisotopic (exact) mass is 326 g/mol. The molecule has 3 N–H and O–H groups in total. The van der Waals surface area contributed by atoms with Crippen LogP contribution in [-0.2, 0) is 11.8 Å². The molecule has 0 aliphatic rings. The van der Waals surface area contributed by atoms with Gasteiger partial charge in [-0.3, -0.25) is 4.79 Å². The quantitative estimate of drug-likeness (QED) is 0.856. The van der Waals surface area contributed by atoms with E-state index in [0.717, 1.165) is 15.7 Å². The first kappa shape index (κ1) is 17.6. The Morgan fingerprint density at radius 2 is 2.10 bits per heavy atom. The number of carbonyl (C=O) groups excluding carboxylic acids is 1. The number of anilines is 1. The fourth-order valence-corrected chi connectivity index (χ4v) is 2.45. The highest BCUT2D eigenvalue weighted by molar-refractivity contribution is 7.99. The van der Waals surface area contributed by atoms with Crippen LogP contribution in [0.1, 0.15) is 12.8 Å². The summed E-state index contributed by atoms with van der Waals surface area (Å²) >= 11 is 1.58. The zero-order valence-electron chi connectivity index (χ0n) is 11.8. The standard InChI is InChI=1S/C14H18N4OS.ClH/c1-18-10-9-16-14(18)20-12-6-4-11(5-7-12)17-13(19)3-2-8-15;/h4-7,9-10H,2-3,8,15H2,1H3,(H,17,19);1H. The van der Waals surface area contributed by atoms with E-state index in [-0.39, 0.29) is 18.3 Å².